The highest BCUT2D eigenvalue weighted by atomic mass is 16.7. The standard InChI is InChI=1S/C11H21NO2/c1-5-9-13-11(14-10-6-2)7-8-12(3)4/h5-6,11H,1-2,7-10H2,3-4H3. The van der Waals surface area contributed by atoms with Crippen LogP contribution in [0.3, 0.4) is 0 Å². The van der Waals surface area contributed by atoms with Gasteiger partial charge < -0.3 is 14.4 Å². The van der Waals surface area contributed by atoms with Crippen molar-refractivity contribution in [1.29, 1.82) is 0 Å². The van der Waals surface area contributed by atoms with E-state index in [1.54, 1.807) is 12.2 Å². The minimum atomic E-state index is -0.159. The maximum atomic E-state index is 5.43. The fourth-order valence-corrected chi connectivity index (χ4v) is 0.929. The van der Waals surface area contributed by atoms with Crippen LogP contribution < -0.4 is 0 Å². The smallest absolute Gasteiger partial charge is 0.159 e. The molecule has 0 spiro atoms. The first kappa shape index (κ1) is 13.4. The monoisotopic (exact) mass is 199 g/mol. The fourth-order valence-electron chi connectivity index (χ4n) is 0.929. The third-order valence-corrected chi connectivity index (χ3v) is 1.61. The molecule has 0 radical (unpaired) electrons. The van der Waals surface area contributed by atoms with Gasteiger partial charge in [0, 0.05) is 13.0 Å². The zero-order chi connectivity index (χ0) is 10.8. The highest BCUT2D eigenvalue weighted by Gasteiger charge is 2.07. The van der Waals surface area contributed by atoms with Crippen molar-refractivity contribution in [3.63, 3.8) is 0 Å². The fraction of sp³-hybridized carbons (Fsp3) is 0.636. The minimum absolute atomic E-state index is 0.159. The number of ether oxygens (including phenoxy) is 2. The van der Waals surface area contributed by atoms with E-state index in [0.717, 1.165) is 13.0 Å². The summed E-state index contributed by atoms with van der Waals surface area (Å²) in [6.45, 7) is 9.18. The van der Waals surface area contributed by atoms with E-state index in [2.05, 4.69) is 18.1 Å². The SMILES string of the molecule is C=CCOC(CCN(C)C)OCC=C. The highest BCUT2D eigenvalue weighted by molar-refractivity contribution is 4.67. The first-order valence-electron chi connectivity index (χ1n) is 4.80. The number of rotatable bonds is 9. The van der Waals surface area contributed by atoms with Gasteiger partial charge >= 0.3 is 0 Å². The van der Waals surface area contributed by atoms with Crippen molar-refractivity contribution >= 4 is 0 Å². The van der Waals surface area contributed by atoms with Gasteiger partial charge in [0.05, 0.1) is 13.2 Å². The minimum Gasteiger partial charge on any atom is -0.349 e. The summed E-state index contributed by atoms with van der Waals surface area (Å²) >= 11 is 0. The van der Waals surface area contributed by atoms with E-state index < -0.39 is 0 Å². The molecular formula is C11H21NO2. The Hall–Kier alpha value is -0.640. The zero-order valence-corrected chi connectivity index (χ0v) is 9.24. The van der Waals surface area contributed by atoms with E-state index in [1.165, 1.54) is 0 Å². The lowest BCUT2D eigenvalue weighted by Crippen LogP contribution is -2.24. The summed E-state index contributed by atoms with van der Waals surface area (Å²) in [5.41, 5.74) is 0. The van der Waals surface area contributed by atoms with Gasteiger partial charge in [-0.2, -0.15) is 0 Å². The van der Waals surface area contributed by atoms with Crippen LogP contribution >= 0.6 is 0 Å². The first-order chi connectivity index (χ1) is 6.70. The molecule has 0 fully saturated rings. The van der Waals surface area contributed by atoms with Crippen LogP contribution in [0.4, 0.5) is 0 Å². The van der Waals surface area contributed by atoms with Crippen molar-refractivity contribution in [3.8, 4) is 0 Å². The second-order valence-corrected chi connectivity index (χ2v) is 3.27. The van der Waals surface area contributed by atoms with Crippen molar-refractivity contribution < 1.29 is 9.47 Å². The molecule has 0 atom stereocenters. The summed E-state index contributed by atoms with van der Waals surface area (Å²) in [6, 6.07) is 0. The van der Waals surface area contributed by atoms with Crippen LogP contribution in [0.15, 0.2) is 25.3 Å². The third-order valence-electron chi connectivity index (χ3n) is 1.61. The molecule has 0 aliphatic rings. The lowest BCUT2D eigenvalue weighted by molar-refractivity contribution is -0.132. The van der Waals surface area contributed by atoms with Crippen LogP contribution in [0.1, 0.15) is 6.42 Å². The van der Waals surface area contributed by atoms with E-state index in [9.17, 15) is 0 Å². The van der Waals surface area contributed by atoms with Crippen LogP contribution in [0.5, 0.6) is 0 Å². The van der Waals surface area contributed by atoms with Crippen LogP contribution in [0.2, 0.25) is 0 Å². The Kier molecular flexibility index (Phi) is 8.53. The van der Waals surface area contributed by atoms with Crippen LogP contribution in [0.25, 0.3) is 0 Å². The molecule has 0 heterocycles. The predicted molar refractivity (Wildman–Crippen MR) is 59.3 cm³/mol. The number of hydrogen-bond acceptors (Lipinski definition) is 3. The molecule has 0 aromatic heterocycles. The molecule has 0 saturated carbocycles. The summed E-state index contributed by atoms with van der Waals surface area (Å²) in [5.74, 6) is 0. The summed E-state index contributed by atoms with van der Waals surface area (Å²) in [6.07, 6.45) is 4.14. The second kappa shape index (κ2) is 8.94. The molecule has 0 unspecified atom stereocenters. The van der Waals surface area contributed by atoms with Gasteiger partial charge in [-0.25, -0.2) is 0 Å². The van der Waals surface area contributed by atoms with E-state index in [1.807, 2.05) is 14.1 Å². The van der Waals surface area contributed by atoms with Crippen LogP contribution in [-0.4, -0.2) is 45.0 Å². The molecule has 0 aliphatic carbocycles. The molecule has 82 valence electrons. The van der Waals surface area contributed by atoms with Crippen LogP contribution in [0, 0.1) is 0 Å². The van der Waals surface area contributed by atoms with Gasteiger partial charge in [-0.3, -0.25) is 0 Å². The topological polar surface area (TPSA) is 21.7 Å². The first-order valence-corrected chi connectivity index (χ1v) is 4.80. The molecule has 14 heavy (non-hydrogen) atoms. The van der Waals surface area contributed by atoms with Gasteiger partial charge in [-0.05, 0) is 14.1 Å². The van der Waals surface area contributed by atoms with E-state index >= 15 is 0 Å². The Balaban J connectivity index is 3.70. The Morgan fingerprint density at radius 2 is 1.64 bits per heavy atom. The normalized spacial score (nSPS) is 10.9. The van der Waals surface area contributed by atoms with E-state index in [4.69, 9.17) is 9.47 Å². The Morgan fingerprint density at radius 1 is 1.14 bits per heavy atom. The zero-order valence-electron chi connectivity index (χ0n) is 9.24. The molecule has 0 aromatic carbocycles. The third kappa shape index (κ3) is 7.98. The number of hydrogen-bond donors (Lipinski definition) is 0. The second-order valence-electron chi connectivity index (χ2n) is 3.27. The molecule has 0 rings (SSSR count). The van der Waals surface area contributed by atoms with Gasteiger partial charge in [0.1, 0.15) is 0 Å². The van der Waals surface area contributed by atoms with Crippen molar-refractivity contribution in [2.24, 2.45) is 0 Å². The molecule has 3 heteroatoms. The average Bonchev–Trinajstić information content (AvgIpc) is 2.16. The summed E-state index contributed by atoms with van der Waals surface area (Å²) < 4.78 is 10.9. The van der Waals surface area contributed by atoms with Gasteiger partial charge in [0.2, 0.25) is 0 Å². The Morgan fingerprint density at radius 3 is 2.00 bits per heavy atom. The van der Waals surface area contributed by atoms with Crippen LogP contribution in [-0.2, 0) is 9.47 Å². The van der Waals surface area contributed by atoms with Gasteiger partial charge in [0.15, 0.2) is 6.29 Å². The van der Waals surface area contributed by atoms with E-state index in [0.29, 0.717) is 13.2 Å². The van der Waals surface area contributed by atoms with Crippen molar-refractivity contribution in [2.45, 2.75) is 12.7 Å². The molecule has 0 aliphatic heterocycles. The van der Waals surface area contributed by atoms with Gasteiger partial charge in [-0.15, -0.1) is 13.2 Å². The lowest BCUT2D eigenvalue weighted by Gasteiger charge is -2.19. The van der Waals surface area contributed by atoms with Crippen molar-refractivity contribution in [2.75, 3.05) is 33.9 Å². The molecule has 0 saturated heterocycles. The Labute approximate surface area is 87.0 Å². The van der Waals surface area contributed by atoms with E-state index in [-0.39, 0.29) is 6.29 Å². The Bertz CT molecular complexity index is 145. The molecule has 3 nitrogen and oxygen atoms in total. The highest BCUT2D eigenvalue weighted by Crippen LogP contribution is 2.02. The maximum Gasteiger partial charge on any atom is 0.159 e. The molecule has 0 aromatic rings. The van der Waals surface area contributed by atoms with Crippen molar-refractivity contribution in [3.05, 3.63) is 25.3 Å². The summed E-state index contributed by atoms with van der Waals surface area (Å²) in [7, 11) is 4.05. The van der Waals surface area contributed by atoms with Crippen molar-refractivity contribution in [1.82, 2.24) is 4.90 Å². The largest absolute Gasteiger partial charge is 0.349 e. The summed E-state index contributed by atoms with van der Waals surface area (Å²) in [4.78, 5) is 2.10. The summed E-state index contributed by atoms with van der Waals surface area (Å²) in [5, 5.41) is 0. The lowest BCUT2D eigenvalue weighted by atomic mass is 10.4. The van der Waals surface area contributed by atoms with Gasteiger partial charge in [-0.1, -0.05) is 12.2 Å². The molecule has 0 bridgehead atoms. The molecule has 0 N–H and O–H groups in total. The predicted octanol–water partition coefficient (Wildman–Crippen LogP) is 1.67. The average molecular weight is 199 g/mol. The number of nitrogens with zero attached hydrogens (tertiary/aromatic N) is 1. The molecular weight excluding hydrogens is 178 g/mol. The maximum absolute atomic E-state index is 5.43. The quantitative estimate of drug-likeness (QED) is 0.416. The molecule has 0 amide bonds. The van der Waals surface area contributed by atoms with Gasteiger partial charge in [0.25, 0.3) is 0 Å².